The van der Waals surface area contributed by atoms with E-state index in [1.165, 1.54) is 14.2 Å². The van der Waals surface area contributed by atoms with E-state index in [-0.39, 0.29) is 24.4 Å². The van der Waals surface area contributed by atoms with Gasteiger partial charge in [-0.2, -0.15) is 0 Å². The van der Waals surface area contributed by atoms with Crippen LogP contribution in [0.25, 0.3) is 0 Å². The summed E-state index contributed by atoms with van der Waals surface area (Å²) in [6.45, 7) is 0. The van der Waals surface area contributed by atoms with Gasteiger partial charge in [0.15, 0.2) is 11.6 Å². The second kappa shape index (κ2) is 6.01. The molecule has 0 atom stereocenters. The van der Waals surface area contributed by atoms with Gasteiger partial charge in [-0.3, -0.25) is 9.59 Å². The van der Waals surface area contributed by atoms with Gasteiger partial charge in [0.2, 0.25) is 0 Å². The van der Waals surface area contributed by atoms with Crippen molar-refractivity contribution in [2.24, 2.45) is 5.41 Å². The van der Waals surface area contributed by atoms with E-state index in [4.69, 9.17) is 18.9 Å². The molecule has 0 saturated heterocycles. The average molecular weight is 368 g/mol. The van der Waals surface area contributed by atoms with Gasteiger partial charge in [-0.1, -0.05) is 0 Å². The molecule has 2 aliphatic carbocycles. The van der Waals surface area contributed by atoms with Gasteiger partial charge in [0, 0.05) is 11.1 Å². The zero-order chi connectivity index (χ0) is 19.3. The Kier molecular flexibility index (Phi) is 3.87. The minimum Gasteiger partial charge on any atom is -0.496 e. The number of rotatable bonds is 4. The summed E-state index contributed by atoms with van der Waals surface area (Å²) < 4.78 is 21.7. The van der Waals surface area contributed by atoms with E-state index in [0.717, 1.165) is 0 Å². The first-order valence-corrected chi connectivity index (χ1v) is 8.59. The van der Waals surface area contributed by atoms with Gasteiger partial charge in [0.25, 0.3) is 0 Å². The van der Waals surface area contributed by atoms with Crippen molar-refractivity contribution in [2.45, 2.75) is 12.8 Å². The van der Waals surface area contributed by atoms with Crippen molar-refractivity contribution in [1.29, 1.82) is 0 Å². The minimum absolute atomic E-state index is 0.237. The van der Waals surface area contributed by atoms with Crippen LogP contribution in [0.15, 0.2) is 24.3 Å². The number of fused-ring (bicyclic) bond motifs is 2. The fraction of sp³-hybridized carbons (Fsp3) is 0.333. The number of methoxy groups -OCH3 is 4. The molecule has 0 heterocycles. The topological polar surface area (TPSA) is 71.1 Å². The number of ether oxygens (including phenoxy) is 4. The number of hydrogen-bond acceptors (Lipinski definition) is 6. The lowest BCUT2D eigenvalue weighted by molar-refractivity contribution is 0.0703. The molecule has 0 aromatic heterocycles. The lowest BCUT2D eigenvalue weighted by atomic mass is 9.79. The zero-order valence-electron chi connectivity index (χ0n) is 15.7. The quantitative estimate of drug-likeness (QED) is 0.773. The molecule has 0 N–H and O–H groups in total. The summed E-state index contributed by atoms with van der Waals surface area (Å²) in [6, 6.07) is 6.92. The van der Waals surface area contributed by atoms with Crippen LogP contribution in [0.5, 0.6) is 23.0 Å². The Bertz CT molecular complexity index is 896. The molecule has 0 amide bonds. The van der Waals surface area contributed by atoms with Crippen LogP contribution in [0.4, 0.5) is 0 Å². The molecule has 2 aromatic carbocycles. The Morgan fingerprint density at radius 2 is 0.963 bits per heavy atom. The number of benzene rings is 2. The molecule has 2 aromatic rings. The third-order valence-electron chi connectivity index (χ3n) is 5.62. The molecule has 0 saturated carbocycles. The third kappa shape index (κ3) is 2.13. The maximum absolute atomic E-state index is 13.5. The molecule has 4 rings (SSSR count). The van der Waals surface area contributed by atoms with E-state index in [2.05, 4.69) is 0 Å². The summed E-state index contributed by atoms with van der Waals surface area (Å²) in [5.41, 5.74) is 1.06. The van der Waals surface area contributed by atoms with Crippen LogP contribution < -0.4 is 18.9 Å². The van der Waals surface area contributed by atoms with Crippen LogP contribution in [0, 0.1) is 5.41 Å². The van der Waals surface area contributed by atoms with Crippen LogP contribution in [0.1, 0.15) is 31.8 Å². The smallest absolute Gasteiger partial charge is 0.181 e. The summed E-state index contributed by atoms with van der Waals surface area (Å²) in [5, 5.41) is 0. The summed E-state index contributed by atoms with van der Waals surface area (Å²) in [7, 11) is 6.12. The van der Waals surface area contributed by atoms with E-state index < -0.39 is 5.41 Å². The summed E-state index contributed by atoms with van der Waals surface area (Å²) in [6.07, 6.45) is 0.530. The maximum atomic E-state index is 13.5. The molecule has 0 fully saturated rings. The van der Waals surface area contributed by atoms with Gasteiger partial charge in [0.1, 0.15) is 28.4 Å². The molecular formula is C21H20O6. The summed E-state index contributed by atoms with van der Waals surface area (Å²) in [5.74, 6) is 1.60. The standard InChI is InChI=1S/C21H20O6/c1-24-13-5-7-15(26-3)17-11(13)9-21(19(17)22)10-12-14(25-2)6-8-16(27-4)18(12)20(21)23/h5-8H,9-10H2,1-4H3. The van der Waals surface area contributed by atoms with Crippen molar-refractivity contribution in [3.8, 4) is 23.0 Å². The number of carbonyl (C=O) groups is 2. The van der Waals surface area contributed by atoms with Gasteiger partial charge in [-0.05, 0) is 37.1 Å². The highest BCUT2D eigenvalue weighted by Gasteiger charge is 2.58. The fourth-order valence-corrected chi connectivity index (χ4v) is 4.35. The van der Waals surface area contributed by atoms with E-state index >= 15 is 0 Å². The molecule has 27 heavy (non-hydrogen) atoms. The lowest BCUT2D eigenvalue weighted by Gasteiger charge is -2.18. The van der Waals surface area contributed by atoms with Crippen molar-refractivity contribution >= 4 is 11.6 Å². The zero-order valence-corrected chi connectivity index (χ0v) is 15.7. The Morgan fingerprint density at radius 1 is 0.630 bits per heavy atom. The average Bonchev–Trinajstić information content (AvgIpc) is 3.16. The maximum Gasteiger partial charge on any atom is 0.181 e. The molecule has 0 unspecified atom stereocenters. The van der Waals surface area contributed by atoms with Crippen LogP contribution in [0.2, 0.25) is 0 Å². The van der Waals surface area contributed by atoms with E-state index in [1.54, 1.807) is 38.5 Å². The van der Waals surface area contributed by atoms with E-state index in [1.807, 2.05) is 0 Å². The Balaban J connectivity index is 1.91. The molecule has 1 spiro atoms. The van der Waals surface area contributed by atoms with E-state index in [9.17, 15) is 9.59 Å². The number of carbonyl (C=O) groups excluding carboxylic acids is 2. The number of hydrogen-bond donors (Lipinski definition) is 0. The Morgan fingerprint density at radius 3 is 1.30 bits per heavy atom. The van der Waals surface area contributed by atoms with Crippen molar-refractivity contribution < 1.29 is 28.5 Å². The second-order valence-electron chi connectivity index (χ2n) is 6.74. The number of Topliss-reactive ketones (excluding diaryl/α,β-unsaturated/α-hetero) is 2. The highest BCUT2D eigenvalue weighted by Crippen LogP contribution is 2.54. The fourth-order valence-electron chi connectivity index (χ4n) is 4.35. The SMILES string of the molecule is COc1ccc(OC)c2c1CC1(Cc3c(OC)ccc(OC)c3C1=O)C2=O. The molecule has 2 aliphatic rings. The van der Waals surface area contributed by atoms with Gasteiger partial charge >= 0.3 is 0 Å². The minimum atomic E-state index is -1.21. The molecule has 0 radical (unpaired) electrons. The summed E-state index contributed by atoms with van der Waals surface area (Å²) in [4.78, 5) is 27.0. The molecule has 0 bridgehead atoms. The van der Waals surface area contributed by atoms with Crippen LogP contribution in [-0.2, 0) is 12.8 Å². The first kappa shape index (κ1) is 17.4. The van der Waals surface area contributed by atoms with Crippen LogP contribution in [-0.4, -0.2) is 40.0 Å². The molecular weight excluding hydrogens is 348 g/mol. The number of ketones is 2. The van der Waals surface area contributed by atoms with Gasteiger partial charge in [0.05, 0.1) is 39.6 Å². The highest BCUT2D eigenvalue weighted by molar-refractivity contribution is 6.26. The Labute approximate surface area is 157 Å². The van der Waals surface area contributed by atoms with Crippen molar-refractivity contribution in [1.82, 2.24) is 0 Å². The Hall–Kier alpha value is -3.02. The predicted octanol–water partition coefficient (Wildman–Crippen LogP) is 2.89. The molecule has 6 nitrogen and oxygen atoms in total. The largest absolute Gasteiger partial charge is 0.496 e. The van der Waals surface area contributed by atoms with Gasteiger partial charge in [-0.15, -0.1) is 0 Å². The van der Waals surface area contributed by atoms with E-state index in [0.29, 0.717) is 45.3 Å². The monoisotopic (exact) mass is 368 g/mol. The first-order valence-electron chi connectivity index (χ1n) is 8.59. The normalized spacial score (nSPS) is 16.3. The van der Waals surface area contributed by atoms with Crippen molar-refractivity contribution in [2.75, 3.05) is 28.4 Å². The second-order valence-corrected chi connectivity index (χ2v) is 6.74. The van der Waals surface area contributed by atoms with Crippen LogP contribution in [0.3, 0.4) is 0 Å². The summed E-state index contributed by atoms with van der Waals surface area (Å²) >= 11 is 0. The van der Waals surface area contributed by atoms with Gasteiger partial charge < -0.3 is 18.9 Å². The first-order chi connectivity index (χ1) is 13.0. The molecule has 0 aliphatic heterocycles. The molecule has 140 valence electrons. The van der Waals surface area contributed by atoms with Crippen molar-refractivity contribution in [3.63, 3.8) is 0 Å². The predicted molar refractivity (Wildman–Crippen MR) is 97.6 cm³/mol. The van der Waals surface area contributed by atoms with Gasteiger partial charge in [-0.25, -0.2) is 0 Å². The highest BCUT2D eigenvalue weighted by atomic mass is 16.5. The molecule has 6 heteroatoms. The third-order valence-corrected chi connectivity index (χ3v) is 5.62. The van der Waals surface area contributed by atoms with Crippen molar-refractivity contribution in [3.05, 3.63) is 46.5 Å². The van der Waals surface area contributed by atoms with Crippen LogP contribution >= 0.6 is 0 Å². The lowest BCUT2D eigenvalue weighted by Crippen LogP contribution is -2.34.